The van der Waals surface area contributed by atoms with Crippen LogP contribution in [0, 0.1) is 13.8 Å². The van der Waals surface area contributed by atoms with Crippen LogP contribution in [0.5, 0.6) is 0 Å². The molecule has 0 radical (unpaired) electrons. The summed E-state index contributed by atoms with van der Waals surface area (Å²) < 4.78 is 1.13. The van der Waals surface area contributed by atoms with Crippen LogP contribution in [-0.4, -0.2) is 9.97 Å². The fourth-order valence-electron chi connectivity index (χ4n) is 2.62. The van der Waals surface area contributed by atoms with Gasteiger partial charge in [0, 0.05) is 5.69 Å². The molecule has 106 valence electrons. The van der Waals surface area contributed by atoms with Crippen molar-refractivity contribution in [1.82, 2.24) is 9.97 Å². The highest BCUT2D eigenvalue weighted by Gasteiger charge is 2.23. The smallest absolute Gasteiger partial charge is 0.152 e. The van der Waals surface area contributed by atoms with E-state index < -0.39 is 0 Å². The maximum absolute atomic E-state index is 4.57. The molecule has 1 fully saturated rings. The lowest BCUT2D eigenvalue weighted by atomic mass is 10.1. The van der Waals surface area contributed by atoms with E-state index in [0.717, 1.165) is 33.5 Å². The highest BCUT2D eigenvalue weighted by molar-refractivity contribution is 7.18. The maximum atomic E-state index is 4.57. The van der Waals surface area contributed by atoms with Gasteiger partial charge in [0.05, 0.1) is 10.2 Å². The minimum Gasteiger partial charge on any atom is -0.339 e. The molecule has 4 heteroatoms. The molecule has 1 aliphatic rings. The first kappa shape index (κ1) is 12.8. The molecule has 3 aromatic rings. The van der Waals surface area contributed by atoms with Crippen LogP contribution in [0.1, 0.15) is 35.7 Å². The average molecular weight is 295 g/mol. The molecular formula is C17H17N3S. The van der Waals surface area contributed by atoms with Gasteiger partial charge < -0.3 is 5.32 Å². The molecule has 4 rings (SSSR count). The van der Waals surface area contributed by atoms with Crippen molar-refractivity contribution in [2.45, 2.75) is 32.6 Å². The molecule has 0 amide bonds. The number of aryl methyl sites for hydroxylation is 2. The molecule has 1 N–H and O–H groups in total. The lowest BCUT2D eigenvalue weighted by Crippen LogP contribution is -1.98. The Labute approximate surface area is 128 Å². The fourth-order valence-corrected chi connectivity index (χ4v) is 3.55. The summed E-state index contributed by atoms with van der Waals surface area (Å²) in [5.41, 5.74) is 4.82. The van der Waals surface area contributed by atoms with Crippen molar-refractivity contribution >= 4 is 33.1 Å². The first-order valence-corrected chi connectivity index (χ1v) is 8.18. The van der Waals surface area contributed by atoms with Crippen LogP contribution in [0.2, 0.25) is 0 Å². The number of hydrogen-bond acceptors (Lipinski definition) is 4. The average Bonchev–Trinajstić information content (AvgIpc) is 3.25. The quantitative estimate of drug-likeness (QED) is 0.744. The van der Waals surface area contributed by atoms with Gasteiger partial charge in [-0.05, 0) is 61.2 Å². The van der Waals surface area contributed by atoms with E-state index in [1.165, 1.54) is 24.0 Å². The molecular weight excluding hydrogens is 278 g/mol. The molecule has 0 aliphatic heterocycles. The van der Waals surface area contributed by atoms with Crippen LogP contribution in [0.4, 0.5) is 11.5 Å². The molecule has 3 nitrogen and oxygen atoms in total. The van der Waals surface area contributed by atoms with Crippen molar-refractivity contribution in [3.63, 3.8) is 0 Å². The number of aromatic nitrogens is 2. The first-order valence-electron chi connectivity index (χ1n) is 7.30. The highest BCUT2D eigenvalue weighted by Crippen LogP contribution is 2.40. The van der Waals surface area contributed by atoms with E-state index in [1.807, 2.05) is 6.92 Å². The third-order valence-corrected chi connectivity index (χ3v) is 5.02. The minimum atomic E-state index is 0.798. The monoisotopic (exact) mass is 295 g/mol. The number of nitrogens with one attached hydrogen (secondary N) is 1. The van der Waals surface area contributed by atoms with Crippen LogP contribution in [-0.2, 0) is 0 Å². The number of rotatable bonds is 3. The van der Waals surface area contributed by atoms with Crippen LogP contribution in [0.3, 0.4) is 0 Å². The Morgan fingerprint density at radius 1 is 1.10 bits per heavy atom. The van der Waals surface area contributed by atoms with E-state index in [1.54, 1.807) is 11.3 Å². The second-order valence-corrected chi connectivity index (χ2v) is 6.62. The molecule has 2 aromatic heterocycles. The van der Waals surface area contributed by atoms with Gasteiger partial charge in [-0.2, -0.15) is 0 Å². The van der Waals surface area contributed by atoms with Crippen molar-refractivity contribution in [1.29, 1.82) is 0 Å². The van der Waals surface area contributed by atoms with Gasteiger partial charge in [0.1, 0.15) is 5.82 Å². The van der Waals surface area contributed by atoms with Gasteiger partial charge >= 0.3 is 0 Å². The summed E-state index contributed by atoms with van der Waals surface area (Å²) in [6.45, 7) is 4.04. The van der Waals surface area contributed by atoms with Crippen LogP contribution in [0.15, 0.2) is 29.6 Å². The summed E-state index contributed by atoms with van der Waals surface area (Å²) in [5, 5.41) is 5.59. The number of thiophene rings is 1. The second-order valence-electron chi connectivity index (χ2n) is 5.74. The van der Waals surface area contributed by atoms with Gasteiger partial charge in [0.15, 0.2) is 5.82 Å². The predicted molar refractivity (Wildman–Crippen MR) is 88.6 cm³/mol. The second kappa shape index (κ2) is 4.81. The lowest BCUT2D eigenvalue weighted by Gasteiger charge is -2.08. The zero-order chi connectivity index (χ0) is 14.4. The Bertz CT molecular complexity index is 801. The van der Waals surface area contributed by atoms with Crippen LogP contribution in [0.25, 0.3) is 10.2 Å². The number of fused-ring (bicyclic) bond motifs is 1. The topological polar surface area (TPSA) is 37.8 Å². The first-order chi connectivity index (χ1) is 10.2. The lowest BCUT2D eigenvalue weighted by molar-refractivity contribution is 1.09. The van der Waals surface area contributed by atoms with Crippen LogP contribution >= 0.6 is 11.3 Å². The summed E-state index contributed by atoms with van der Waals surface area (Å²) >= 11 is 1.70. The summed E-state index contributed by atoms with van der Waals surface area (Å²) in [5.74, 6) is 2.52. The Morgan fingerprint density at radius 2 is 1.86 bits per heavy atom. The third-order valence-electron chi connectivity index (χ3n) is 3.93. The molecule has 0 unspecified atom stereocenters. The minimum absolute atomic E-state index is 0.798. The molecule has 0 saturated heterocycles. The number of anilines is 2. The normalized spacial score (nSPS) is 14.6. The highest BCUT2D eigenvalue weighted by atomic mass is 32.1. The zero-order valence-electron chi connectivity index (χ0n) is 12.2. The molecule has 21 heavy (non-hydrogen) atoms. The Morgan fingerprint density at radius 3 is 2.57 bits per heavy atom. The maximum Gasteiger partial charge on any atom is 0.152 e. The van der Waals surface area contributed by atoms with Gasteiger partial charge in [-0.25, -0.2) is 9.97 Å². The summed E-state index contributed by atoms with van der Waals surface area (Å²) in [6, 6.07) is 8.75. The predicted octanol–water partition coefficient (Wildman–Crippen LogP) is 4.93. The molecule has 0 spiro atoms. The third kappa shape index (κ3) is 2.40. The molecule has 1 aromatic carbocycles. The summed E-state index contributed by atoms with van der Waals surface area (Å²) in [6.07, 6.45) is 2.68. The molecule has 0 bridgehead atoms. The molecule has 0 atom stereocenters. The molecule has 2 heterocycles. The van der Waals surface area contributed by atoms with Crippen molar-refractivity contribution < 1.29 is 0 Å². The number of benzene rings is 1. The summed E-state index contributed by atoms with van der Waals surface area (Å²) in [4.78, 5) is 9.11. The Kier molecular flexibility index (Phi) is 2.93. The zero-order valence-corrected chi connectivity index (χ0v) is 13.0. The Balaban J connectivity index is 1.69. The van der Waals surface area contributed by atoms with Crippen molar-refractivity contribution in [2.24, 2.45) is 0 Å². The molecule has 1 saturated carbocycles. The van der Waals surface area contributed by atoms with E-state index in [0.29, 0.717) is 0 Å². The summed E-state index contributed by atoms with van der Waals surface area (Å²) in [7, 11) is 0. The standard InChI is InChI=1S/C17H17N3S/c1-10-9-21-16-15(10)18-11(2)19-17(16)20-14-7-5-13(6-8-14)12-3-4-12/h5-9,12H,3-4H2,1-2H3,(H,18,19,20). The van der Waals surface area contributed by atoms with E-state index in [9.17, 15) is 0 Å². The number of nitrogens with zero attached hydrogens (tertiary/aromatic N) is 2. The SMILES string of the molecule is Cc1nc(Nc2ccc(C3CC3)cc2)c2scc(C)c2n1. The van der Waals surface area contributed by atoms with Crippen molar-refractivity contribution in [2.75, 3.05) is 5.32 Å². The van der Waals surface area contributed by atoms with Gasteiger partial charge in [-0.3, -0.25) is 0 Å². The van der Waals surface area contributed by atoms with E-state index in [4.69, 9.17) is 0 Å². The van der Waals surface area contributed by atoms with Gasteiger partial charge in [-0.15, -0.1) is 11.3 Å². The largest absolute Gasteiger partial charge is 0.339 e. The fraction of sp³-hybridized carbons (Fsp3) is 0.294. The van der Waals surface area contributed by atoms with Crippen LogP contribution < -0.4 is 5.32 Å². The Hall–Kier alpha value is -1.94. The van der Waals surface area contributed by atoms with Gasteiger partial charge in [0.25, 0.3) is 0 Å². The van der Waals surface area contributed by atoms with Crippen molar-refractivity contribution in [3.8, 4) is 0 Å². The van der Waals surface area contributed by atoms with E-state index in [-0.39, 0.29) is 0 Å². The van der Waals surface area contributed by atoms with Gasteiger partial charge in [-0.1, -0.05) is 12.1 Å². The number of hydrogen-bond donors (Lipinski definition) is 1. The molecule has 1 aliphatic carbocycles. The van der Waals surface area contributed by atoms with E-state index in [2.05, 4.69) is 51.9 Å². The van der Waals surface area contributed by atoms with Gasteiger partial charge in [0.2, 0.25) is 0 Å². The van der Waals surface area contributed by atoms with E-state index >= 15 is 0 Å². The van der Waals surface area contributed by atoms with Crippen molar-refractivity contribution in [3.05, 3.63) is 46.6 Å².